The molecule has 0 radical (unpaired) electrons. The summed E-state index contributed by atoms with van der Waals surface area (Å²) in [6.45, 7) is 12.6. The summed E-state index contributed by atoms with van der Waals surface area (Å²) in [6.07, 6.45) is 0.253. The quantitative estimate of drug-likeness (QED) is 0.550. The van der Waals surface area contributed by atoms with E-state index in [4.69, 9.17) is 0 Å². The monoisotopic (exact) mass is 344 g/mol. The Morgan fingerprint density at radius 1 is 1.12 bits per heavy atom. The van der Waals surface area contributed by atoms with Crippen LogP contribution in [0.1, 0.15) is 60.8 Å². The maximum absolute atomic E-state index is 12.8. The molecular formula is C18H36N2O4. The fourth-order valence-corrected chi connectivity index (χ4v) is 3.95. The van der Waals surface area contributed by atoms with Crippen LogP contribution in [0, 0.1) is 5.41 Å². The average molecular weight is 344 g/mol. The minimum Gasteiger partial charge on any atom is -0.395 e. The van der Waals surface area contributed by atoms with Crippen LogP contribution in [-0.4, -0.2) is 69.1 Å². The molecule has 6 nitrogen and oxygen atoms in total. The number of aliphatic hydroxyl groups is 3. The van der Waals surface area contributed by atoms with Crippen LogP contribution in [0.15, 0.2) is 0 Å². The molecule has 142 valence electrons. The normalized spacial score (nSPS) is 29.0. The number of hydrogen-bond donors (Lipinski definition) is 4. The minimum atomic E-state index is -1.19. The van der Waals surface area contributed by atoms with Gasteiger partial charge in [0.05, 0.1) is 18.8 Å². The maximum Gasteiger partial charge on any atom is 0.240 e. The van der Waals surface area contributed by atoms with Crippen molar-refractivity contribution in [2.24, 2.45) is 5.41 Å². The molecule has 4 N–H and O–H groups in total. The zero-order valence-electron chi connectivity index (χ0n) is 16.0. The van der Waals surface area contributed by atoms with E-state index in [0.717, 1.165) is 19.3 Å². The second kappa shape index (κ2) is 8.13. The van der Waals surface area contributed by atoms with Crippen molar-refractivity contribution in [2.45, 2.75) is 90.6 Å². The molecule has 0 aromatic carbocycles. The lowest BCUT2D eigenvalue weighted by Gasteiger charge is -2.36. The Morgan fingerprint density at radius 2 is 1.71 bits per heavy atom. The summed E-state index contributed by atoms with van der Waals surface area (Å²) in [5.41, 5.74) is -0.367. The van der Waals surface area contributed by atoms with Crippen LogP contribution in [0.4, 0.5) is 0 Å². The fraction of sp³-hybridized carbons (Fsp3) is 0.944. The van der Waals surface area contributed by atoms with Crippen LogP contribution in [-0.2, 0) is 4.79 Å². The van der Waals surface area contributed by atoms with Gasteiger partial charge in [0.1, 0.15) is 12.1 Å². The van der Waals surface area contributed by atoms with Gasteiger partial charge in [-0.15, -0.1) is 0 Å². The number of likely N-dealkylation sites (tertiary alicyclic amines) is 1. The van der Waals surface area contributed by atoms with Crippen LogP contribution in [0.3, 0.4) is 0 Å². The molecule has 0 aliphatic carbocycles. The summed E-state index contributed by atoms with van der Waals surface area (Å²) in [6, 6.07) is -1.43. The van der Waals surface area contributed by atoms with Crippen molar-refractivity contribution < 1.29 is 20.1 Å². The lowest BCUT2D eigenvalue weighted by Crippen LogP contribution is -2.56. The Labute approximate surface area is 146 Å². The Balaban J connectivity index is 2.92. The van der Waals surface area contributed by atoms with Gasteiger partial charge in [0.2, 0.25) is 5.91 Å². The number of hydrogen-bond acceptors (Lipinski definition) is 5. The molecule has 1 rings (SSSR count). The number of nitrogens with one attached hydrogen (secondary N) is 1. The molecule has 1 saturated heterocycles. The minimum absolute atomic E-state index is 0.0557. The molecule has 1 fully saturated rings. The first kappa shape index (κ1) is 21.4. The van der Waals surface area contributed by atoms with Gasteiger partial charge in [-0.3, -0.25) is 9.69 Å². The van der Waals surface area contributed by atoms with E-state index in [2.05, 4.69) is 26.1 Å². The standard InChI is InChI=1S/C18H36N2O4/c1-7-8-9-20-12(10-21)14(22)15(23)13(20)16(24)19-18(5,6)11-17(2,3)4/h12-15,21-23H,7-11H2,1-6H3,(H,19,24)/t12-,13-,14-,15-/m0/s1. The summed E-state index contributed by atoms with van der Waals surface area (Å²) in [5.74, 6) is -0.289. The molecule has 1 amide bonds. The molecule has 6 heteroatoms. The number of carbonyl (C=O) groups excluding carboxylic acids is 1. The Hall–Kier alpha value is -0.690. The molecule has 0 spiro atoms. The van der Waals surface area contributed by atoms with E-state index in [1.807, 2.05) is 20.8 Å². The van der Waals surface area contributed by atoms with Crippen molar-refractivity contribution in [2.75, 3.05) is 13.2 Å². The second-order valence-corrected chi connectivity index (χ2v) is 8.88. The van der Waals surface area contributed by atoms with E-state index in [-0.39, 0.29) is 17.9 Å². The van der Waals surface area contributed by atoms with E-state index in [1.165, 1.54) is 0 Å². The molecule has 4 atom stereocenters. The first-order valence-electron chi connectivity index (χ1n) is 8.98. The van der Waals surface area contributed by atoms with Gasteiger partial charge < -0.3 is 20.6 Å². The molecule has 0 bridgehead atoms. The predicted molar refractivity (Wildman–Crippen MR) is 94.6 cm³/mol. The predicted octanol–water partition coefficient (Wildman–Crippen LogP) is 0.884. The second-order valence-electron chi connectivity index (χ2n) is 8.88. The molecule has 0 aromatic heterocycles. The molecule has 1 heterocycles. The first-order chi connectivity index (χ1) is 10.9. The highest BCUT2D eigenvalue weighted by Gasteiger charge is 2.50. The van der Waals surface area contributed by atoms with Crippen molar-refractivity contribution in [3.8, 4) is 0 Å². The van der Waals surface area contributed by atoms with Gasteiger partial charge in [-0.1, -0.05) is 34.1 Å². The topological polar surface area (TPSA) is 93.0 Å². The number of nitrogens with zero attached hydrogens (tertiary/aromatic N) is 1. The van der Waals surface area contributed by atoms with E-state index in [0.29, 0.717) is 6.54 Å². The molecule has 24 heavy (non-hydrogen) atoms. The summed E-state index contributed by atoms with van der Waals surface area (Å²) < 4.78 is 0. The van der Waals surface area contributed by atoms with Crippen molar-refractivity contribution in [1.82, 2.24) is 10.2 Å². The highest BCUT2D eigenvalue weighted by molar-refractivity contribution is 5.83. The molecule has 1 aliphatic heterocycles. The third-order valence-corrected chi connectivity index (χ3v) is 4.51. The van der Waals surface area contributed by atoms with Gasteiger partial charge >= 0.3 is 0 Å². The van der Waals surface area contributed by atoms with E-state index in [9.17, 15) is 20.1 Å². The Morgan fingerprint density at radius 3 is 2.17 bits per heavy atom. The lowest BCUT2D eigenvalue weighted by molar-refractivity contribution is -0.131. The summed E-state index contributed by atoms with van der Waals surface area (Å²) >= 11 is 0. The van der Waals surface area contributed by atoms with Crippen LogP contribution in [0.2, 0.25) is 0 Å². The first-order valence-corrected chi connectivity index (χ1v) is 8.98. The molecule has 1 aliphatic rings. The fourth-order valence-electron chi connectivity index (χ4n) is 3.95. The molecular weight excluding hydrogens is 308 g/mol. The van der Waals surface area contributed by atoms with Crippen molar-refractivity contribution >= 4 is 5.91 Å². The highest BCUT2D eigenvalue weighted by atomic mass is 16.3. The number of amides is 1. The highest BCUT2D eigenvalue weighted by Crippen LogP contribution is 2.29. The zero-order valence-corrected chi connectivity index (χ0v) is 16.0. The molecule has 0 unspecified atom stereocenters. The summed E-state index contributed by atoms with van der Waals surface area (Å²) in [4.78, 5) is 14.6. The van der Waals surface area contributed by atoms with Crippen molar-refractivity contribution in [1.29, 1.82) is 0 Å². The van der Waals surface area contributed by atoms with E-state index >= 15 is 0 Å². The Kier molecular flexibility index (Phi) is 7.23. The Bertz CT molecular complexity index is 420. The van der Waals surface area contributed by atoms with Gasteiger partial charge in [0.25, 0.3) is 0 Å². The maximum atomic E-state index is 12.8. The van der Waals surface area contributed by atoms with Gasteiger partial charge in [-0.05, 0) is 38.6 Å². The van der Waals surface area contributed by atoms with Gasteiger partial charge in [-0.2, -0.15) is 0 Å². The smallest absolute Gasteiger partial charge is 0.240 e. The number of rotatable bonds is 7. The van der Waals surface area contributed by atoms with Gasteiger partial charge in [0, 0.05) is 5.54 Å². The van der Waals surface area contributed by atoms with Crippen LogP contribution in [0.25, 0.3) is 0 Å². The van der Waals surface area contributed by atoms with E-state index in [1.54, 1.807) is 4.90 Å². The van der Waals surface area contributed by atoms with Gasteiger partial charge in [-0.25, -0.2) is 0 Å². The molecule has 0 saturated carbocycles. The average Bonchev–Trinajstić information content (AvgIpc) is 2.64. The SMILES string of the molecule is CCCCN1[C@H](C(=O)NC(C)(C)CC(C)(C)C)[C@H](O)[C@@H](O)[C@@H]1CO. The van der Waals surface area contributed by atoms with Gasteiger partial charge in [0.15, 0.2) is 0 Å². The number of unbranched alkanes of at least 4 members (excludes halogenated alkanes) is 1. The van der Waals surface area contributed by atoms with Crippen molar-refractivity contribution in [3.63, 3.8) is 0 Å². The number of carbonyl (C=O) groups is 1. The van der Waals surface area contributed by atoms with Crippen molar-refractivity contribution in [3.05, 3.63) is 0 Å². The molecule has 0 aromatic rings. The summed E-state index contributed by atoms with van der Waals surface area (Å²) in [7, 11) is 0. The third-order valence-electron chi connectivity index (χ3n) is 4.51. The largest absolute Gasteiger partial charge is 0.395 e. The number of aliphatic hydroxyl groups excluding tert-OH is 3. The van der Waals surface area contributed by atoms with Crippen LogP contribution >= 0.6 is 0 Å². The van der Waals surface area contributed by atoms with E-state index < -0.39 is 29.8 Å². The zero-order chi connectivity index (χ0) is 18.7. The van der Waals surface area contributed by atoms with Crippen LogP contribution in [0.5, 0.6) is 0 Å². The van der Waals surface area contributed by atoms with Crippen LogP contribution < -0.4 is 5.32 Å². The lowest BCUT2D eigenvalue weighted by atomic mass is 9.81. The summed E-state index contributed by atoms with van der Waals surface area (Å²) in [5, 5.41) is 33.2. The third kappa shape index (κ3) is 5.41.